The van der Waals surface area contributed by atoms with Crippen molar-refractivity contribution in [3.8, 4) is 17.2 Å². The topological polar surface area (TPSA) is 447 Å². The maximum absolute atomic E-state index is 15.9. The van der Waals surface area contributed by atoms with Crippen molar-refractivity contribution in [1.29, 1.82) is 0 Å². The number of ether oxygens (including phenoxy) is 6. The van der Waals surface area contributed by atoms with Crippen LogP contribution in [-0.2, 0) is 136 Å². The van der Waals surface area contributed by atoms with Gasteiger partial charge in [0.1, 0.15) is 41.6 Å². The predicted octanol–water partition coefficient (Wildman–Crippen LogP) is 11.9. The van der Waals surface area contributed by atoms with Crippen molar-refractivity contribution >= 4 is 94.3 Å². The molecule has 0 spiro atoms. The number of benzene rings is 5. The normalized spacial score (nSPS) is 24.5. The molecule has 0 aromatic heterocycles. The molecule has 3 fully saturated rings. The summed E-state index contributed by atoms with van der Waals surface area (Å²) in [6.45, 7) is 14.2. The molecule has 3 N–H and O–H groups in total. The van der Waals surface area contributed by atoms with Crippen LogP contribution in [0.4, 0.5) is 8.78 Å². The molecule has 0 saturated carbocycles. The number of hydrogen-bond acceptors (Lipinski definition) is 29. The molecular formula is C88H107F2N6O29P3. The SMILES string of the molecule is CC(=O)[C@H](C)OC(=O)[C@H](C)N[P@](=O)(OC[C@H]1O[C@@H](N2C=CC(=O)CC2=O)[C@](C)(F)[C@@H]1C)Oc1ccccc1.C[C@H](N[P@](=O)(OC[C@H]1O[C@@H](N2C=CC(=O)CC2=O)C[C@@H]1C)Oc1ccccc1)C(=O)OCCCCc1ccccc1.C[C@H](N[P@](=O)(OC[C@H]1O[C@@H](N2C=CC(=O)CC2=O)[C@](C)(F)[C@@H]1C)Oc1ccccc1)C(=O)OCCCCc1ccccc1.O=C=O.O=C=O. The monoisotopic (exact) mass is 1840 g/mol. The molecule has 0 aliphatic carbocycles. The first kappa shape index (κ1) is 104. The second kappa shape index (κ2) is 50.2. The van der Waals surface area contributed by atoms with Gasteiger partial charge in [-0.05, 0) is 165 Å². The maximum atomic E-state index is 15.9. The van der Waals surface area contributed by atoms with Gasteiger partial charge >= 0.3 is 53.5 Å². The molecule has 5 aromatic carbocycles. The molecule has 6 aliphatic rings. The minimum absolute atomic E-state index is 0.0396. The number of rotatable bonds is 39. The number of Topliss-reactive ketones (excluding diaryl/α,β-unsaturated/α-hetero) is 1. The molecule has 35 nitrogen and oxygen atoms in total. The first-order chi connectivity index (χ1) is 60.8. The molecular weight excluding hydrogens is 1740 g/mol. The Labute approximate surface area is 739 Å². The van der Waals surface area contributed by atoms with E-state index in [0.717, 1.165) is 35.5 Å². The zero-order valence-corrected chi connectivity index (χ0v) is 75.0. The fourth-order valence-electron chi connectivity index (χ4n) is 13.2. The lowest BCUT2D eigenvalue weighted by Crippen LogP contribution is -2.49. The molecule has 3 saturated heterocycles. The Morgan fingerprint density at radius 3 is 1.09 bits per heavy atom. The van der Waals surface area contributed by atoms with Gasteiger partial charge in [0.2, 0.25) is 17.7 Å². The molecule has 40 heteroatoms. The van der Waals surface area contributed by atoms with E-state index in [2.05, 4.69) is 27.4 Å². The van der Waals surface area contributed by atoms with Gasteiger partial charge in [-0.3, -0.25) is 76.2 Å². The second-order valence-corrected chi connectivity index (χ2v) is 35.9. The lowest BCUT2D eigenvalue weighted by atomic mass is 9.89. The lowest BCUT2D eigenvalue weighted by molar-refractivity contribution is -0.193. The molecule has 0 unspecified atom stereocenters. The summed E-state index contributed by atoms with van der Waals surface area (Å²) in [5, 5.41) is 7.82. The Morgan fingerprint density at radius 2 is 0.766 bits per heavy atom. The van der Waals surface area contributed by atoms with Crippen LogP contribution in [0.5, 0.6) is 17.2 Å². The average molecular weight is 1840 g/mol. The Morgan fingerprint density at radius 1 is 0.461 bits per heavy atom. The van der Waals surface area contributed by atoms with Crippen LogP contribution >= 0.6 is 23.2 Å². The van der Waals surface area contributed by atoms with Gasteiger partial charge < -0.3 is 42.0 Å². The summed E-state index contributed by atoms with van der Waals surface area (Å²) in [5.74, 6) is -5.92. The number of alkyl halides is 2. The summed E-state index contributed by atoms with van der Waals surface area (Å²) in [6, 6.07) is 41.7. The number of nitrogens with one attached hydrogen (secondary N) is 3. The van der Waals surface area contributed by atoms with Crippen LogP contribution in [0.15, 0.2) is 188 Å². The fourth-order valence-corrected chi connectivity index (χ4v) is 17.7. The number of ketones is 4. The van der Waals surface area contributed by atoms with E-state index in [1.165, 1.54) is 113 Å². The highest BCUT2D eigenvalue weighted by Gasteiger charge is 2.58. The average Bonchev–Trinajstić information content (AvgIpc) is 1.62. The van der Waals surface area contributed by atoms with E-state index in [-0.39, 0.29) is 92.2 Å². The summed E-state index contributed by atoms with van der Waals surface area (Å²) < 4.78 is 141. The Bertz CT molecular complexity index is 4860. The van der Waals surface area contributed by atoms with Crippen molar-refractivity contribution < 1.29 is 145 Å². The molecule has 3 amide bonds. The van der Waals surface area contributed by atoms with E-state index in [1.54, 1.807) is 92.7 Å². The zero-order valence-electron chi connectivity index (χ0n) is 72.3. The maximum Gasteiger partial charge on any atom is 0.459 e. The summed E-state index contributed by atoms with van der Waals surface area (Å²) in [5.41, 5.74) is -1.62. The molecule has 6 aliphatic heterocycles. The number of hydrogen-bond donors (Lipinski definition) is 3. The van der Waals surface area contributed by atoms with Crippen molar-refractivity contribution in [3.05, 3.63) is 200 Å². The highest BCUT2D eigenvalue weighted by Crippen LogP contribution is 2.51. The number of carbonyl (C=O) groups excluding carboxylic acids is 14. The summed E-state index contributed by atoms with van der Waals surface area (Å²) in [7, 11) is -12.6. The third kappa shape index (κ3) is 32.1. The van der Waals surface area contributed by atoms with Crippen molar-refractivity contribution in [2.24, 2.45) is 17.8 Å². The number of esters is 3. The first-order valence-electron chi connectivity index (χ1n) is 41.1. The zero-order chi connectivity index (χ0) is 93.9. The van der Waals surface area contributed by atoms with Gasteiger partial charge in [-0.2, -0.15) is 34.4 Å². The number of allylic oxidation sites excluding steroid dienone is 3. The smallest absolute Gasteiger partial charge is 0.459 e. The van der Waals surface area contributed by atoms with Gasteiger partial charge in [0.15, 0.2) is 53.0 Å². The van der Waals surface area contributed by atoms with Crippen LogP contribution in [0.25, 0.3) is 0 Å². The minimum Gasteiger partial charge on any atom is -0.465 e. The van der Waals surface area contributed by atoms with E-state index in [4.69, 9.17) is 74.7 Å². The largest absolute Gasteiger partial charge is 0.465 e. The van der Waals surface area contributed by atoms with Crippen molar-refractivity contribution in [2.75, 3.05) is 33.0 Å². The van der Waals surface area contributed by atoms with E-state index in [0.29, 0.717) is 25.0 Å². The molecule has 692 valence electrons. The number of halogens is 2. The number of nitrogens with zero attached hydrogens (tertiary/aromatic N) is 3. The summed E-state index contributed by atoms with van der Waals surface area (Å²) >= 11 is 0. The predicted molar refractivity (Wildman–Crippen MR) is 451 cm³/mol. The number of amides is 3. The van der Waals surface area contributed by atoms with Gasteiger partial charge in [-0.1, -0.05) is 136 Å². The third-order valence-electron chi connectivity index (χ3n) is 20.9. The highest BCUT2D eigenvalue weighted by atomic mass is 31.2. The summed E-state index contributed by atoms with van der Waals surface area (Å²) in [6.07, 6.45) is 5.80. The number of aryl methyl sites for hydroxylation is 2. The molecule has 0 bridgehead atoms. The van der Waals surface area contributed by atoms with Crippen LogP contribution in [0.1, 0.15) is 132 Å². The lowest BCUT2D eigenvalue weighted by Gasteiger charge is -2.33. The van der Waals surface area contributed by atoms with E-state index >= 15 is 8.78 Å². The van der Waals surface area contributed by atoms with Gasteiger partial charge in [0, 0.05) is 30.4 Å². The van der Waals surface area contributed by atoms with Gasteiger partial charge in [0.05, 0.1) is 70.6 Å². The first-order valence-corrected chi connectivity index (χ1v) is 45.7. The van der Waals surface area contributed by atoms with Crippen molar-refractivity contribution in [3.63, 3.8) is 0 Å². The van der Waals surface area contributed by atoms with E-state index < -0.39 is 156 Å². The molecule has 6 heterocycles. The van der Waals surface area contributed by atoms with Crippen LogP contribution in [0, 0.1) is 17.8 Å². The van der Waals surface area contributed by atoms with Crippen LogP contribution in [-0.4, -0.2) is 191 Å². The molecule has 0 radical (unpaired) electrons. The number of para-hydroxylation sites is 3. The minimum atomic E-state index is -4.29. The molecule has 11 rings (SSSR count). The van der Waals surface area contributed by atoms with E-state index in [1.807, 2.05) is 55.5 Å². The van der Waals surface area contributed by atoms with Crippen LogP contribution in [0.3, 0.4) is 0 Å². The van der Waals surface area contributed by atoms with Crippen molar-refractivity contribution in [2.45, 2.75) is 206 Å². The Balaban J connectivity index is 0.000000255. The number of carbonyl (C=O) groups is 10. The fraction of sp³-hybridized carbons (Fsp3) is 0.455. The highest BCUT2D eigenvalue weighted by molar-refractivity contribution is 7.52. The van der Waals surface area contributed by atoms with Gasteiger partial charge in [-0.25, -0.2) is 22.5 Å². The van der Waals surface area contributed by atoms with Gasteiger partial charge in [-0.15, -0.1) is 0 Å². The standard InChI is InChI=1S/C31H38FN2O8P.C30H37N2O8P.C25H32FN2O9P.2CO2/c1-22-27(41-30(31(22,3)32)34-18-17-25(35)20-28(34)36)21-40-43(38,42-26-15-8-5-9-16-26)33-23(2)29(37)39-19-11-10-14-24-12-6-4-7-13-24;1-22-19-29(32-17-16-25(33)20-28(32)34)39-27(22)21-38-41(36,40-26-14-7-4-8-15-26)31-23(2)30(35)37-18-10-9-13-24-11-5-3-6-12-24;1-15-21(36-24(25(15,5)26)28-12-11-19(30)13-22(28)31)14-34-38(33,37-20-9-7-6-8-10-20)27-16(2)23(32)35-18(4)17(3)29;2*2-1-3/h4-9,12-13,15-18,22-23,27,30H,10-11,14,19-21H2,1-3H3,(H,33,38);3-8,11-12,14-17,22-23,27,29H,9-10,13,18-21H2,1-2H3,(H,31,36);6-12,15-16,18,21,24H,13-14H2,1-5H3,(H,27,33);;/t22-,23+,27-,30-,31-,43+;22-,23-,27+,29+,41-;15-,16+,18+,21-,24-,25-,38+;;/m101../s1. The second-order valence-electron chi connectivity index (χ2n) is 30.8. The van der Waals surface area contributed by atoms with Crippen molar-refractivity contribution in [1.82, 2.24) is 30.0 Å². The third-order valence-corrected chi connectivity index (χ3v) is 25.9. The Kier molecular flexibility index (Phi) is 40.9. The van der Waals surface area contributed by atoms with Crippen LogP contribution in [0.2, 0.25) is 0 Å². The summed E-state index contributed by atoms with van der Waals surface area (Å²) in [4.78, 5) is 157. The molecule has 5 aromatic rings. The molecule has 18 atom stereocenters. The van der Waals surface area contributed by atoms with E-state index in [9.17, 15) is 61.6 Å². The van der Waals surface area contributed by atoms with Crippen LogP contribution < -0.4 is 28.8 Å². The van der Waals surface area contributed by atoms with Gasteiger partial charge in [0.25, 0.3) is 0 Å². The molecule has 128 heavy (non-hydrogen) atoms. The quantitative estimate of drug-likeness (QED) is 0.0108. The number of unbranched alkanes of at least 4 members (excludes halogenated alkanes) is 2. The Hall–Kier alpha value is -10.8.